The molecule has 0 aliphatic heterocycles. The number of aryl methyl sites for hydroxylation is 1. The molecule has 1 heterocycles. The van der Waals surface area contributed by atoms with E-state index in [1.165, 1.54) is 13.2 Å². The van der Waals surface area contributed by atoms with Crippen LogP contribution in [0.25, 0.3) is 0 Å². The number of hydrogen-bond donors (Lipinski definition) is 2. The fraction of sp³-hybridized carbons (Fsp3) is 0.231. The van der Waals surface area contributed by atoms with Crippen molar-refractivity contribution in [1.82, 2.24) is 9.78 Å². The van der Waals surface area contributed by atoms with E-state index in [0.717, 1.165) is 6.07 Å². The smallest absolute Gasteiger partial charge is 0.340 e. The molecule has 0 spiro atoms. The molecule has 0 radical (unpaired) electrons. The highest BCUT2D eigenvalue weighted by Gasteiger charge is 2.15. The van der Waals surface area contributed by atoms with E-state index in [-0.39, 0.29) is 16.9 Å². The fourth-order valence-electron chi connectivity index (χ4n) is 1.73. The molecule has 2 rings (SSSR count). The van der Waals surface area contributed by atoms with Crippen molar-refractivity contribution >= 4 is 23.0 Å². The molecule has 0 saturated heterocycles. The molecule has 0 aliphatic rings. The predicted molar refractivity (Wildman–Crippen MR) is 73.3 cm³/mol. The van der Waals surface area contributed by atoms with Crippen molar-refractivity contribution in [2.24, 2.45) is 0 Å². The van der Waals surface area contributed by atoms with Gasteiger partial charge >= 0.3 is 5.97 Å². The minimum Gasteiger partial charge on any atom is -0.465 e. The lowest BCUT2D eigenvalue weighted by Crippen LogP contribution is -2.07. The van der Waals surface area contributed by atoms with E-state index >= 15 is 0 Å². The summed E-state index contributed by atoms with van der Waals surface area (Å²) in [5.41, 5.74) is 6.49. The van der Waals surface area contributed by atoms with E-state index in [2.05, 4.69) is 15.2 Å². The van der Waals surface area contributed by atoms with Gasteiger partial charge in [0.25, 0.3) is 0 Å². The number of methoxy groups -OCH3 is 1. The normalized spacial score (nSPS) is 10.3. The van der Waals surface area contributed by atoms with Crippen LogP contribution in [0, 0.1) is 5.82 Å². The maximum absolute atomic E-state index is 13.9. The van der Waals surface area contributed by atoms with Crippen molar-refractivity contribution in [2.45, 2.75) is 13.5 Å². The lowest BCUT2D eigenvalue weighted by atomic mass is 10.1. The number of benzene rings is 1. The van der Waals surface area contributed by atoms with Crippen LogP contribution < -0.4 is 11.1 Å². The summed E-state index contributed by atoms with van der Waals surface area (Å²) in [6, 6.07) is 2.40. The topological polar surface area (TPSA) is 82.2 Å². The number of hydrogen-bond acceptors (Lipinski definition) is 5. The first-order valence-electron chi connectivity index (χ1n) is 6.02. The number of rotatable bonds is 4. The van der Waals surface area contributed by atoms with Gasteiger partial charge in [0, 0.05) is 18.4 Å². The standard InChI is InChI=1S/C13H15FN4O2/c1-3-18-7-8(6-16-18)17-12-4-9(13(19)20-2)11(15)5-10(12)14/h4-7,17H,3,15H2,1-2H3. The summed E-state index contributed by atoms with van der Waals surface area (Å²) < 4.78 is 20.1. The Morgan fingerprint density at radius 1 is 1.55 bits per heavy atom. The first kappa shape index (κ1) is 13.9. The highest BCUT2D eigenvalue weighted by Crippen LogP contribution is 2.25. The summed E-state index contributed by atoms with van der Waals surface area (Å²) in [5, 5.41) is 6.92. The maximum Gasteiger partial charge on any atom is 0.340 e. The Labute approximate surface area is 115 Å². The molecule has 106 valence electrons. The van der Waals surface area contributed by atoms with Crippen molar-refractivity contribution in [1.29, 1.82) is 0 Å². The van der Waals surface area contributed by atoms with Crippen molar-refractivity contribution in [3.63, 3.8) is 0 Å². The molecule has 0 saturated carbocycles. The molecule has 6 nitrogen and oxygen atoms in total. The number of esters is 1. The molecule has 1 aromatic heterocycles. The van der Waals surface area contributed by atoms with Gasteiger partial charge < -0.3 is 15.8 Å². The third-order valence-corrected chi connectivity index (χ3v) is 2.78. The number of halogens is 1. The molecular formula is C13H15FN4O2. The molecule has 0 atom stereocenters. The number of aromatic nitrogens is 2. The van der Waals surface area contributed by atoms with Gasteiger partial charge in [-0.1, -0.05) is 0 Å². The predicted octanol–water partition coefficient (Wildman–Crippen LogP) is 2.15. The first-order valence-corrected chi connectivity index (χ1v) is 6.02. The third-order valence-electron chi connectivity index (χ3n) is 2.78. The number of nitrogens with one attached hydrogen (secondary N) is 1. The molecule has 3 N–H and O–H groups in total. The van der Waals surface area contributed by atoms with Gasteiger partial charge in [-0.25, -0.2) is 9.18 Å². The van der Waals surface area contributed by atoms with Crippen LogP contribution in [-0.4, -0.2) is 22.9 Å². The van der Waals surface area contributed by atoms with Gasteiger partial charge in [0.05, 0.1) is 30.2 Å². The summed E-state index contributed by atoms with van der Waals surface area (Å²) in [6.45, 7) is 2.65. The van der Waals surface area contributed by atoms with E-state index in [1.54, 1.807) is 17.1 Å². The lowest BCUT2D eigenvalue weighted by Gasteiger charge is -2.09. The van der Waals surface area contributed by atoms with Crippen LogP contribution in [0.5, 0.6) is 0 Å². The van der Waals surface area contributed by atoms with E-state index in [0.29, 0.717) is 12.2 Å². The van der Waals surface area contributed by atoms with Crippen LogP contribution in [0.4, 0.5) is 21.5 Å². The second-order valence-corrected chi connectivity index (χ2v) is 4.12. The molecule has 0 fully saturated rings. The zero-order valence-electron chi connectivity index (χ0n) is 11.2. The van der Waals surface area contributed by atoms with Gasteiger partial charge in [0.1, 0.15) is 5.82 Å². The zero-order chi connectivity index (χ0) is 14.7. The summed E-state index contributed by atoms with van der Waals surface area (Å²) in [6.07, 6.45) is 3.30. The molecule has 7 heteroatoms. The average molecular weight is 278 g/mol. The summed E-state index contributed by atoms with van der Waals surface area (Å²) in [5.74, 6) is -1.17. The highest BCUT2D eigenvalue weighted by atomic mass is 19.1. The number of anilines is 3. The van der Waals surface area contributed by atoms with Crippen LogP contribution in [-0.2, 0) is 11.3 Å². The second-order valence-electron chi connectivity index (χ2n) is 4.12. The SMILES string of the molecule is CCn1cc(Nc2cc(C(=O)OC)c(N)cc2F)cn1. The van der Waals surface area contributed by atoms with Crippen LogP contribution in [0.2, 0.25) is 0 Å². The number of ether oxygens (including phenoxy) is 1. The lowest BCUT2D eigenvalue weighted by molar-refractivity contribution is 0.0602. The first-order chi connectivity index (χ1) is 9.55. The molecule has 20 heavy (non-hydrogen) atoms. The van der Waals surface area contributed by atoms with Crippen LogP contribution in [0.1, 0.15) is 17.3 Å². The number of nitrogen functional groups attached to an aromatic ring is 1. The van der Waals surface area contributed by atoms with Gasteiger partial charge in [-0.05, 0) is 19.1 Å². The van der Waals surface area contributed by atoms with Gasteiger partial charge in [-0.3, -0.25) is 4.68 Å². The molecule has 1 aromatic carbocycles. The maximum atomic E-state index is 13.9. The Morgan fingerprint density at radius 3 is 2.90 bits per heavy atom. The van der Waals surface area contributed by atoms with E-state index in [9.17, 15) is 9.18 Å². The minimum atomic E-state index is -0.616. The Morgan fingerprint density at radius 2 is 2.30 bits per heavy atom. The molecule has 0 amide bonds. The highest BCUT2D eigenvalue weighted by molar-refractivity contribution is 5.96. The zero-order valence-corrected chi connectivity index (χ0v) is 11.2. The summed E-state index contributed by atoms with van der Waals surface area (Å²) in [4.78, 5) is 11.5. The Bertz CT molecular complexity index is 639. The molecule has 2 aromatic rings. The third kappa shape index (κ3) is 2.71. The van der Waals surface area contributed by atoms with Crippen LogP contribution >= 0.6 is 0 Å². The van der Waals surface area contributed by atoms with Crippen LogP contribution in [0.15, 0.2) is 24.5 Å². The van der Waals surface area contributed by atoms with Gasteiger partial charge in [0.15, 0.2) is 0 Å². The number of nitrogens with two attached hydrogens (primary N) is 1. The van der Waals surface area contributed by atoms with Crippen LogP contribution in [0.3, 0.4) is 0 Å². The average Bonchev–Trinajstić information content (AvgIpc) is 2.88. The van der Waals surface area contributed by atoms with Crippen molar-refractivity contribution in [3.8, 4) is 0 Å². The Hall–Kier alpha value is -2.57. The second kappa shape index (κ2) is 5.60. The number of carbonyl (C=O) groups excluding carboxylic acids is 1. The van der Waals surface area contributed by atoms with E-state index in [1.807, 2.05) is 6.92 Å². The van der Waals surface area contributed by atoms with Gasteiger partial charge in [0.2, 0.25) is 0 Å². The molecule has 0 aliphatic carbocycles. The van der Waals surface area contributed by atoms with Crippen molar-refractivity contribution in [2.75, 3.05) is 18.2 Å². The summed E-state index contributed by atoms with van der Waals surface area (Å²) in [7, 11) is 1.24. The number of nitrogens with zero attached hydrogens (tertiary/aromatic N) is 2. The Balaban J connectivity index is 2.33. The fourth-order valence-corrected chi connectivity index (χ4v) is 1.73. The Kier molecular flexibility index (Phi) is 3.88. The molecule has 0 bridgehead atoms. The summed E-state index contributed by atoms with van der Waals surface area (Å²) >= 11 is 0. The largest absolute Gasteiger partial charge is 0.465 e. The van der Waals surface area contributed by atoms with Crippen molar-refractivity contribution < 1.29 is 13.9 Å². The van der Waals surface area contributed by atoms with E-state index in [4.69, 9.17) is 5.73 Å². The number of carbonyl (C=O) groups is 1. The van der Waals surface area contributed by atoms with Crippen molar-refractivity contribution in [3.05, 3.63) is 35.9 Å². The minimum absolute atomic E-state index is 0.0316. The monoisotopic (exact) mass is 278 g/mol. The van der Waals surface area contributed by atoms with Gasteiger partial charge in [-0.2, -0.15) is 5.10 Å². The van der Waals surface area contributed by atoms with E-state index < -0.39 is 11.8 Å². The van der Waals surface area contributed by atoms with Gasteiger partial charge in [-0.15, -0.1) is 0 Å². The quantitative estimate of drug-likeness (QED) is 0.661. The molecular weight excluding hydrogens is 263 g/mol. The molecule has 0 unspecified atom stereocenters.